The molecule has 1 unspecified atom stereocenters. The topological polar surface area (TPSA) is 48.6 Å². The fourth-order valence-electron chi connectivity index (χ4n) is 4.47. The van der Waals surface area contributed by atoms with Crippen LogP contribution in [-0.4, -0.2) is 61.0 Å². The summed E-state index contributed by atoms with van der Waals surface area (Å²) in [5, 5.41) is 1.77. The maximum Gasteiger partial charge on any atom is 0.270 e. The van der Waals surface area contributed by atoms with Crippen LogP contribution in [0.3, 0.4) is 0 Å². The van der Waals surface area contributed by atoms with Crippen LogP contribution in [0.2, 0.25) is 5.02 Å². The third kappa shape index (κ3) is 5.41. The van der Waals surface area contributed by atoms with Crippen LogP contribution in [0, 0.1) is 5.92 Å². The Kier molecular flexibility index (Phi) is 6.83. The van der Waals surface area contributed by atoms with Crippen LogP contribution >= 0.6 is 11.6 Å². The Labute approximate surface area is 188 Å². The van der Waals surface area contributed by atoms with E-state index in [4.69, 9.17) is 16.3 Å². The number of ether oxygens (including phenoxy) is 1. The summed E-state index contributed by atoms with van der Waals surface area (Å²) >= 11 is 5.98. The van der Waals surface area contributed by atoms with E-state index in [2.05, 4.69) is 22.0 Å². The van der Waals surface area contributed by atoms with Gasteiger partial charge in [-0.15, -0.1) is 0 Å². The Bertz CT molecular complexity index is 1030. The van der Waals surface area contributed by atoms with Crippen LogP contribution in [-0.2, 0) is 6.42 Å². The normalized spacial score (nSPS) is 17.1. The Morgan fingerprint density at radius 2 is 2.03 bits per heavy atom. The zero-order valence-electron chi connectivity index (χ0n) is 18.2. The fraction of sp³-hybridized carbons (Fsp3) is 0.400. The van der Waals surface area contributed by atoms with Crippen molar-refractivity contribution >= 4 is 28.4 Å². The van der Waals surface area contributed by atoms with Crippen molar-refractivity contribution < 1.29 is 9.53 Å². The molecule has 1 N–H and O–H groups in total. The quantitative estimate of drug-likeness (QED) is 0.572. The molecule has 5 nitrogen and oxygen atoms in total. The molecule has 0 aliphatic carbocycles. The molecule has 1 aliphatic heterocycles. The van der Waals surface area contributed by atoms with Crippen LogP contribution in [0.4, 0.5) is 0 Å². The van der Waals surface area contributed by atoms with E-state index in [0.29, 0.717) is 11.6 Å². The van der Waals surface area contributed by atoms with Gasteiger partial charge in [-0.05, 0) is 73.7 Å². The van der Waals surface area contributed by atoms with E-state index in [0.717, 1.165) is 54.3 Å². The molecule has 1 aliphatic rings. The van der Waals surface area contributed by atoms with E-state index in [-0.39, 0.29) is 5.91 Å². The number of carbonyl (C=O) groups excluding carboxylic acids is 1. The summed E-state index contributed by atoms with van der Waals surface area (Å²) in [6.07, 6.45) is 3.37. The maximum atomic E-state index is 13.0. The first-order valence-electron chi connectivity index (χ1n) is 10.9. The molecule has 2 aromatic carbocycles. The second kappa shape index (κ2) is 9.75. The second-order valence-electron chi connectivity index (χ2n) is 8.51. The van der Waals surface area contributed by atoms with Gasteiger partial charge in [0, 0.05) is 42.6 Å². The Hall–Kier alpha value is -2.50. The number of rotatable bonds is 7. The monoisotopic (exact) mass is 439 g/mol. The van der Waals surface area contributed by atoms with Gasteiger partial charge >= 0.3 is 0 Å². The highest BCUT2D eigenvalue weighted by atomic mass is 35.5. The van der Waals surface area contributed by atoms with E-state index in [9.17, 15) is 4.79 Å². The first kappa shape index (κ1) is 21.7. The first-order chi connectivity index (χ1) is 15.0. The number of halogens is 1. The summed E-state index contributed by atoms with van der Waals surface area (Å²) in [5.74, 6) is 1.32. The number of benzene rings is 2. The number of methoxy groups -OCH3 is 1. The van der Waals surface area contributed by atoms with Crippen molar-refractivity contribution in [1.29, 1.82) is 0 Å². The number of nitrogens with zero attached hydrogens (tertiary/aromatic N) is 2. The summed E-state index contributed by atoms with van der Waals surface area (Å²) in [4.78, 5) is 20.6. The van der Waals surface area contributed by atoms with Gasteiger partial charge in [0.05, 0.1) is 7.11 Å². The lowest BCUT2D eigenvalue weighted by atomic mass is 9.97. The van der Waals surface area contributed by atoms with E-state index < -0.39 is 0 Å². The smallest absolute Gasteiger partial charge is 0.270 e. The Morgan fingerprint density at radius 3 is 2.81 bits per heavy atom. The molecule has 1 saturated heterocycles. The van der Waals surface area contributed by atoms with Crippen molar-refractivity contribution in [2.45, 2.75) is 19.3 Å². The highest BCUT2D eigenvalue weighted by Crippen LogP contribution is 2.23. The number of aromatic nitrogens is 1. The van der Waals surface area contributed by atoms with E-state index in [1.807, 2.05) is 48.3 Å². The average molecular weight is 440 g/mol. The average Bonchev–Trinajstić information content (AvgIpc) is 3.21. The minimum absolute atomic E-state index is 0.0356. The predicted octanol–water partition coefficient (Wildman–Crippen LogP) is 4.86. The SMILES string of the molecule is COc1ccc2[nH]c(C(=O)N(C)CC3CCCN(CCc4ccc(Cl)cc4)C3)cc2c1. The molecule has 0 radical (unpaired) electrons. The molecule has 2 heterocycles. The van der Waals surface area contributed by atoms with Crippen molar-refractivity contribution in [2.24, 2.45) is 5.92 Å². The number of nitrogens with one attached hydrogen (secondary N) is 1. The minimum Gasteiger partial charge on any atom is -0.497 e. The highest BCUT2D eigenvalue weighted by molar-refractivity contribution is 6.30. The zero-order valence-corrected chi connectivity index (χ0v) is 19.0. The van der Waals surface area contributed by atoms with Crippen LogP contribution in [0.25, 0.3) is 10.9 Å². The van der Waals surface area contributed by atoms with Crippen molar-refractivity contribution in [2.75, 3.05) is 40.3 Å². The molecule has 0 spiro atoms. The number of hydrogen-bond donors (Lipinski definition) is 1. The minimum atomic E-state index is 0.0356. The van der Waals surface area contributed by atoms with Crippen molar-refractivity contribution in [1.82, 2.24) is 14.8 Å². The third-order valence-corrected chi connectivity index (χ3v) is 6.42. The molecule has 1 fully saturated rings. The summed E-state index contributed by atoms with van der Waals surface area (Å²) in [6, 6.07) is 15.8. The number of amides is 1. The molecular formula is C25H30ClN3O2. The van der Waals surface area contributed by atoms with Crippen molar-refractivity contribution in [3.05, 3.63) is 64.8 Å². The molecule has 1 amide bonds. The van der Waals surface area contributed by atoms with Gasteiger partial charge in [0.15, 0.2) is 0 Å². The molecule has 4 rings (SSSR count). The molecular weight excluding hydrogens is 410 g/mol. The standard InChI is InChI=1S/C25H30ClN3O2/c1-28(25(30)24-15-20-14-22(31-2)9-10-23(20)27-24)16-19-4-3-12-29(17-19)13-11-18-5-7-21(26)8-6-18/h5-10,14-15,19,27H,3-4,11-13,16-17H2,1-2H3. The van der Waals surface area contributed by atoms with Gasteiger partial charge in [0.2, 0.25) is 0 Å². The summed E-state index contributed by atoms with van der Waals surface area (Å²) in [5.41, 5.74) is 2.89. The van der Waals surface area contributed by atoms with Gasteiger partial charge in [-0.1, -0.05) is 23.7 Å². The van der Waals surface area contributed by atoms with Crippen LogP contribution in [0.1, 0.15) is 28.9 Å². The number of H-pyrrole nitrogens is 1. The number of aromatic amines is 1. The maximum absolute atomic E-state index is 13.0. The van der Waals surface area contributed by atoms with Crippen LogP contribution < -0.4 is 4.74 Å². The molecule has 0 saturated carbocycles. The van der Waals surface area contributed by atoms with E-state index in [1.54, 1.807) is 7.11 Å². The number of carbonyl (C=O) groups is 1. The molecule has 6 heteroatoms. The number of piperidine rings is 1. The van der Waals surface area contributed by atoms with Gasteiger partial charge in [-0.3, -0.25) is 4.79 Å². The summed E-state index contributed by atoms with van der Waals surface area (Å²) < 4.78 is 5.28. The van der Waals surface area contributed by atoms with Crippen LogP contribution in [0.5, 0.6) is 5.75 Å². The number of fused-ring (bicyclic) bond motifs is 1. The van der Waals surface area contributed by atoms with Crippen molar-refractivity contribution in [3.8, 4) is 5.75 Å². The lowest BCUT2D eigenvalue weighted by Crippen LogP contribution is -2.42. The third-order valence-electron chi connectivity index (χ3n) is 6.17. The van der Waals surface area contributed by atoms with Crippen molar-refractivity contribution in [3.63, 3.8) is 0 Å². The van der Waals surface area contributed by atoms with Gasteiger partial charge in [0.1, 0.15) is 11.4 Å². The first-order valence-corrected chi connectivity index (χ1v) is 11.3. The number of hydrogen-bond acceptors (Lipinski definition) is 3. The predicted molar refractivity (Wildman–Crippen MR) is 126 cm³/mol. The highest BCUT2D eigenvalue weighted by Gasteiger charge is 2.23. The Morgan fingerprint density at radius 1 is 1.23 bits per heavy atom. The molecule has 164 valence electrons. The van der Waals surface area contributed by atoms with Gasteiger partial charge in [-0.25, -0.2) is 0 Å². The lowest BCUT2D eigenvalue weighted by Gasteiger charge is -2.34. The van der Waals surface area contributed by atoms with Gasteiger partial charge in [0.25, 0.3) is 5.91 Å². The largest absolute Gasteiger partial charge is 0.497 e. The molecule has 0 bridgehead atoms. The fourth-order valence-corrected chi connectivity index (χ4v) is 4.60. The molecule has 1 atom stereocenters. The molecule has 1 aromatic heterocycles. The summed E-state index contributed by atoms with van der Waals surface area (Å²) in [6.45, 7) is 3.98. The summed E-state index contributed by atoms with van der Waals surface area (Å²) in [7, 11) is 3.55. The molecule has 3 aromatic rings. The molecule has 31 heavy (non-hydrogen) atoms. The van der Waals surface area contributed by atoms with Gasteiger partial charge in [-0.2, -0.15) is 0 Å². The Balaban J connectivity index is 1.32. The van der Waals surface area contributed by atoms with E-state index in [1.165, 1.54) is 18.4 Å². The van der Waals surface area contributed by atoms with Crippen LogP contribution in [0.15, 0.2) is 48.5 Å². The lowest BCUT2D eigenvalue weighted by molar-refractivity contribution is 0.0725. The number of likely N-dealkylation sites (tertiary alicyclic amines) is 1. The van der Waals surface area contributed by atoms with Gasteiger partial charge < -0.3 is 19.5 Å². The zero-order chi connectivity index (χ0) is 21.8. The van der Waals surface area contributed by atoms with E-state index >= 15 is 0 Å². The second-order valence-corrected chi connectivity index (χ2v) is 8.94.